The second kappa shape index (κ2) is 8.01. The van der Waals surface area contributed by atoms with Gasteiger partial charge in [0.25, 0.3) is 0 Å². The van der Waals surface area contributed by atoms with Gasteiger partial charge in [-0.1, -0.05) is 13.0 Å². The van der Waals surface area contributed by atoms with E-state index in [2.05, 4.69) is 10.1 Å². The number of hydrogen-bond acceptors (Lipinski definition) is 4. The summed E-state index contributed by atoms with van der Waals surface area (Å²) in [6, 6.07) is 4.85. The average molecular weight is 289 g/mol. The van der Waals surface area contributed by atoms with Crippen LogP contribution >= 0.6 is 0 Å². The van der Waals surface area contributed by atoms with E-state index in [0.717, 1.165) is 5.56 Å². The molecule has 0 aliphatic rings. The van der Waals surface area contributed by atoms with Crippen LogP contribution in [0.1, 0.15) is 25.5 Å². The van der Waals surface area contributed by atoms with Crippen LogP contribution in [0.15, 0.2) is 18.2 Å². The molecule has 0 aliphatic carbocycles. The van der Waals surface area contributed by atoms with Gasteiger partial charge in [-0.3, -0.25) is 0 Å². The van der Waals surface area contributed by atoms with E-state index in [9.17, 15) is 8.78 Å². The number of aliphatic hydroxyl groups is 1. The van der Waals surface area contributed by atoms with Gasteiger partial charge in [-0.25, -0.2) is 0 Å². The van der Waals surface area contributed by atoms with Crippen molar-refractivity contribution >= 4 is 0 Å². The first-order valence-corrected chi connectivity index (χ1v) is 6.44. The van der Waals surface area contributed by atoms with Crippen molar-refractivity contribution in [3.63, 3.8) is 0 Å². The predicted molar refractivity (Wildman–Crippen MR) is 72.3 cm³/mol. The van der Waals surface area contributed by atoms with Gasteiger partial charge in [-0.2, -0.15) is 8.78 Å². The van der Waals surface area contributed by atoms with Gasteiger partial charge >= 0.3 is 6.61 Å². The smallest absolute Gasteiger partial charge is 0.387 e. The average Bonchev–Trinajstić information content (AvgIpc) is 2.44. The summed E-state index contributed by atoms with van der Waals surface area (Å²) in [4.78, 5) is 0. The van der Waals surface area contributed by atoms with Gasteiger partial charge in [0, 0.05) is 19.2 Å². The Morgan fingerprint density at radius 3 is 2.50 bits per heavy atom. The topological polar surface area (TPSA) is 50.7 Å². The van der Waals surface area contributed by atoms with Crippen molar-refractivity contribution in [1.82, 2.24) is 5.32 Å². The zero-order chi connectivity index (χ0) is 15.1. The van der Waals surface area contributed by atoms with E-state index in [1.807, 2.05) is 13.8 Å². The van der Waals surface area contributed by atoms with Gasteiger partial charge in [0.1, 0.15) is 0 Å². The maximum atomic E-state index is 12.2. The fraction of sp³-hybridized carbons (Fsp3) is 0.571. The number of ether oxygens (including phenoxy) is 2. The number of nitrogens with one attached hydrogen (secondary N) is 1. The minimum atomic E-state index is -2.88. The highest BCUT2D eigenvalue weighted by molar-refractivity contribution is 5.43. The predicted octanol–water partition coefficient (Wildman–Crippen LogP) is 2.58. The summed E-state index contributed by atoms with van der Waals surface area (Å²) in [5.41, 5.74) is 0.897. The second-order valence-corrected chi connectivity index (χ2v) is 4.71. The Balaban J connectivity index is 2.75. The second-order valence-electron chi connectivity index (χ2n) is 4.71. The number of alkyl halides is 2. The molecule has 0 amide bonds. The number of methoxy groups -OCH3 is 1. The van der Waals surface area contributed by atoms with Crippen LogP contribution < -0.4 is 14.8 Å². The lowest BCUT2D eigenvalue weighted by atomic mass is 10.1. The summed E-state index contributed by atoms with van der Waals surface area (Å²) in [5, 5.41) is 12.2. The third kappa shape index (κ3) is 4.94. The fourth-order valence-corrected chi connectivity index (χ4v) is 1.71. The number of halogens is 2. The minimum Gasteiger partial charge on any atom is -0.493 e. The van der Waals surface area contributed by atoms with Gasteiger partial charge in [-0.15, -0.1) is 0 Å². The van der Waals surface area contributed by atoms with Crippen molar-refractivity contribution in [1.29, 1.82) is 0 Å². The van der Waals surface area contributed by atoms with Crippen LogP contribution in [0.5, 0.6) is 11.5 Å². The Morgan fingerprint density at radius 2 is 1.95 bits per heavy atom. The molecule has 1 rings (SSSR count). The molecule has 114 valence electrons. The minimum absolute atomic E-state index is 0.0125. The van der Waals surface area contributed by atoms with Crippen LogP contribution in [0, 0.1) is 5.92 Å². The van der Waals surface area contributed by atoms with E-state index in [-0.39, 0.29) is 30.1 Å². The van der Waals surface area contributed by atoms with Crippen LogP contribution in [-0.2, 0) is 0 Å². The summed E-state index contributed by atoms with van der Waals surface area (Å²) in [6.45, 7) is 1.78. The van der Waals surface area contributed by atoms with E-state index >= 15 is 0 Å². The zero-order valence-electron chi connectivity index (χ0n) is 11.9. The van der Waals surface area contributed by atoms with Crippen LogP contribution in [0.4, 0.5) is 8.78 Å². The third-order valence-electron chi connectivity index (χ3n) is 2.99. The lowest BCUT2D eigenvalue weighted by Crippen LogP contribution is -2.26. The monoisotopic (exact) mass is 289 g/mol. The Bertz CT molecular complexity index is 415. The molecule has 0 aliphatic heterocycles. The summed E-state index contributed by atoms with van der Waals surface area (Å²) < 4.78 is 33.9. The van der Waals surface area contributed by atoms with E-state index in [1.165, 1.54) is 13.2 Å². The maximum absolute atomic E-state index is 12.2. The van der Waals surface area contributed by atoms with Gasteiger partial charge in [0.05, 0.1) is 7.11 Å². The van der Waals surface area contributed by atoms with Crippen molar-refractivity contribution < 1.29 is 23.4 Å². The molecule has 0 heterocycles. The third-order valence-corrected chi connectivity index (χ3v) is 2.99. The zero-order valence-corrected chi connectivity index (χ0v) is 11.9. The number of aliphatic hydroxyl groups excluding tert-OH is 1. The molecule has 0 saturated heterocycles. The van der Waals surface area contributed by atoms with Crippen molar-refractivity contribution in [2.45, 2.75) is 26.5 Å². The Kier molecular flexibility index (Phi) is 6.67. The number of benzene rings is 1. The molecule has 0 saturated carbocycles. The molecule has 2 atom stereocenters. The molecular formula is C14H21F2NO3. The molecule has 1 aromatic rings. The lowest BCUT2D eigenvalue weighted by Gasteiger charge is -2.18. The Morgan fingerprint density at radius 1 is 1.25 bits per heavy atom. The molecule has 0 aromatic heterocycles. The number of rotatable bonds is 8. The summed E-state index contributed by atoms with van der Waals surface area (Å²) in [7, 11) is 1.41. The normalized spacial score (nSPS) is 14.2. The van der Waals surface area contributed by atoms with Crippen LogP contribution in [-0.4, -0.2) is 32.0 Å². The first-order valence-electron chi connectivity index (χ1n) is 6.44. The van der Waals surface area contributed by atoms with Crippen molar-refractivity contribution in [3.05, 3.63) is 23.8 Å². The number of hydrogen-bond donors (Lipinski definition) is 2. The van der Waals surface area contributed by atoms with Gasteiger partial charge in [-0.05, 0) is 30.5 Å². The Labute approximate surface area is 117 Å². The van der Waals surface area contributed by atoms with Crippen molar-refractivity contribution in [3.8, 4) is 11.5 Å². The first-order chi connectivity index (χ1) is 9.47. The van der Waals surface area contributed by atoms with Gasteiger partial charge in [0.2, 0.25) is 0 Å². The molecule has 0 bridgehead atoms. The molecular weight excluding hydrogens is 268 g/mol. The largest absolute Gasteiger partial charge is 0.493 e. The summed E-state index contributed by atoms with van der Waals surface area (Å²) in [5.74, 6) is 0.439. The lowest BCUT2D eigenvalue weighted by molar-refractivity contribution is -0.0512. The van der Waals surface area contributed by atoms with Crippen LogP contribution in [0.3, 0.4) is 0 Å². The molecule has 2 unspecified atom stereocenters. The molecule has 20 heavy (non-hydrogen) atoms. The standard InChI is InChI=1S/C14H21F2NO3/c1-9(8-18)7-17-10(2)11-4-5-12(20-14(15)16)13(6-11)19-3/h4-6,9-10,14,17-18H,7-8H2,1-3H3. The van der Waals surface area contributed by atoms with Crippen LogP contribution in [0.25, 0.3) is 0 Å². The maximum Gasteiger partial charge on any atom is 0.387 e. The highest BCUT2D eigenvalue weighted by atomic mass is 19.3. The van der Waals surface area contributed by atoms with Crippen molar-refractivity contribution in [2.75, 3.05) is 20.3 Å². The van der Waals surface area contributed by atoms with Gasteiger partial charge < -0.3 is 19.9 Å². The molecule has 0 fully saturated rings. The molecule has 0 spiro atoms. The summed E-state index contributed by atoms with van der Waals surface area (Å²) in [6.07, 6.45) is 0. The van der Waals surface area contributed by atoms with Crippen molar-refractivity contribution in [2.24, 2.45) is 5.92 Å². The Hall–Kier alpha value is -1.40. The molecule has 6 heteroatoms. The van der Waals surface area contributed by atoms with E-state index < -0.39 is 6.61 Å². The highest BCUT2D eigenvalue weighted by Crippen LogP contribution is 2.31. The summed E-state index contributed by atoms with van der Waals surface area (Å²) >= 11 is 0. The van der Waals surface area contributed by atoms with E-state index in [0.29, 0.717) is 6.54 Å². The molecule has 2 N–H and O–H groups in total. The quantitative estimate of drug-likeness (QED) is 0.772. The highest BCUT2D eigenvalue weighted by Gasteiger charge is 2.14. The van der Waals surface area contributed by atoms with E-state index in [1.54, 1.807) is 12.1 Å². The first kappa shape index (κ1) is 16.7. The van der Waals surface area contributed by atoms with Gasteiger partial charge in [0.15, 0.2) is 11.5 Å². The SMILES string of the molecule is COc1cc(C(C)NCC(C)CO)ccc1OC(F)F. The fourth-order valence-electron chi connectivity index (χ4n) is 1.71. The molecule has 0 radical (unpaired) electrons. The van der Waals surface area contributed by atoms with Crippen LogP contribution in [0.2, 0.25) is 0 Å². The molecule has 1 aromatic carbocycles. The molecule has 4 nitrogen and oxygen atoms in total. The van der Waals surface area contributed by atoms with E-state index in [4.69, 9.17) is 9.84 Å².